The number of carbonyl (C=O) groups is 3. The Kier molecular flexibility index (Phi) is 5.51. The molecule has 1 fully saturated rings. The van der Waals surface area contributed by atoms with E-state index in [0.717, 1.165) is 22.7 Å². The topological polar surface area (TPSA) is 117 Å². The van der Waals surface area contributed by atoms with Crippen molar-refractivity contribution in [3.8, 4) is 17.2 Å². The van der Waals surface area contributed by atoms with Crippen molar-refractivity contribution in [1.82, 2.24) is 9.80 Å². The Morgan fingerprint density at radius 2 is 1.83 bits per heavy atom. The lowest BCUT2D eigenvalue weighted by Gasteiger charge is -2.30. The molecule has 0 aliphatic carbocycles. The highest BCUT2D eigenvalue weighted by molar-refractivity contribution is 8.14. The first-order valence-corrected chi connectivity index (χ1v) is 10.1. The molecule has 2 N–H and O–H groups in total. The summed E-state index contributed by atoms with van der Waals surface area (Å²) in [7, 11) is 0. The van der Waals surface area contributed by atoms with Crippen molar-refractivity contribution in [1.29, 1.82) is 0 Å². The zero-order valence-corrected chi connectivity index (χ0v) is 16.5. The van der Waals surface area contributed by atoms with Crippen LogP contribution in [0.25, 0.3) is 0 Å². The fraction of sp³-hybridized carbons (Fsp3) is 0.250. The summed E-state index contributed by atoms with van der Waals surface area (Å²) in [6.45, 7) is 0.106. The molecule has 156 valence electrons. The minimum atomic E-state index is -0.893. The Hall–Kier alpha value is -3.24. The highest BCUT2D eigenvalue weighted by atomic mass is 32.2. The van der Waals surface area contributed by atoms with Crippen LogP contribution in [0.1, 0.15) is 22.1 Å². The molecule has 2 heterocycles. The summed E-state index contributed by atoms with van der Waals surface area (Å²) in [6, 6.07) is 11.2. The zero-order valence-electron chi connectivity index (χ0n) is 15.7. The lowest BCUT2D eigenvalue weighted by atomic mass is 10.1. The molecule has 10 heteroatoms. The van der Waals surface area contributed by atoms with Gasteiger partial charge in [0, 0.05) is 24.2 Å². The number of hydrogen-bond acceptors (Lipinski definition) is 8. The van der Waals surface area contributed by atoms with Crippen LogP contribution < -0.4 is 4.74 Å². The lowest BCUT2D eigenvalue weighted by Crippen LogP contribution is -2.41. The van der Waals surface area contributed by atoms with E-state index in [1.807, 2.05) is 6.07 Å². The predicted molar refractivity (Wildman–Crippen MR) is 106 cm³/mol. The maximum absolute atomic E-state index is 12.7. The molecule has 2 aliphatic rings. The summed E-state index contributed by atoms with van der Waals surface area (Å²) in [5, 5.41) is 18.8. The first kappa shape index (κ1) is 20.0. The maximum atomic E-state index is 12.7. The van der Waals surface area contributed by atoms with E-state index in [4.69, 9.17) is 9.47 Å². The molecule has 30 heavy (non-hydrogen) atoms. The van der Waals surface area contributed by atoms with Gasteiger partial charge in [0.1, 0.15) is 5.75 Å². The number of benzene rings is 2. The van der Waals surface area contributed by atoms with Crippen molar-refractivity contribution in [2.75, 3.05) is 25.6 Å². The van der Waals surface area contributed by atoms with Crippen LogP contribution in [0.5, 0.6) is 17.2 Å². The molecule has 9 nitrogen and oxygen atoms in total. The Balaban J connectivity index is 1.46. The fourth-order valence-corrected chi connectivity index (χ4v) is 3.91. The SMILES string of the molecule is O=C1c2cc(O)c(O)cc2OCN1CCOC(c1ccccc1)N1C(=O)CSC1=O. The van der Waals surface area contributed by atoms with Crippen LogP contribution >= 0.6 is 11.8 Å². The average Bonchev–Trinajstić information content (AvgIpc) is 3.07. The molecule has 0 radical (unpaired) electrons. The molecule has 4 rings (SSSR count). The monoisotopic (exact) mass is 430 g/mol. The van der Waals surface area contributed by atoms with E-state index in [1.54, 1.807) is 24.3 Å². The highest BCUT2D eigenvalue weighted by Crippen LogP contribution is 2.36. The summed E-state index contributed by atoms with van der Waals surface area (Å²) in [4.78, 5) is 39.5. The number of nitrogens with zero attached hydrogens (tertiary/aromatic N) is 2. The van der Waals surface area contributed by atoms with Crippen LogP contribution in [0.3, 0.4) is 0 Å². The van der Waals surface area contributed by atoms with Crippen LogP contribution in [-0.2, 0) is 9.53 Å². The molecule has 3 amide bonds. The maximum Gasteiger partial charge on any atom is 0.291 e. The third kappa shape index (κ3) is 3.79. The summed E-state index contributed by atoms with van der Waals surface area (Å²) in [5.41, 5.74) is 0.770. The predicted octanol–water partition coefficient (Wildman–Crippen LogP) is 2.30. The van der Waals surface area contributed by atoms with Crippen molar-refractivity contribution in [3.05, 3.63) is 53.6 Å². The molecule has 2 aliphatic heterocycles. The van der Waals surface area contributed by atoms with E-state index < -0.39 is 17.9 Å². The van der Waals surface area contributed by atoms with Crippen molar-refractivity contribution in [2.45, 2.75) is 6.23 Å². The highest BCUT2D eigenvalue weighted by Gasteiger charge is 2.37. The second-order valence-corrected chi connectivity index (χ2v) is 7.56. The van der Waals surface area contributed by atoms with Crippen LogP contribution in [-0.4, -0.2) is 62.7 Å². The van der Waals surface area contributed by atoms with Gasteiger partial charge in [-0.15, -0.1) is 0 Å². The third-order valence-electron chi connectivity index (χ3n) is 4.71. The molecule has 1 saturated heterocycles. The van der Waals surface area contributed by atoms with Crippen LogP contribution in [0.15, 0.2) is 42.5 Å². The molecular weight excluding hydrogens is 412 g/mol. The standard InChI is InChI=1S/C20H18N2O7S/c23-14-8-13-16(9-15(14)24)29-11-21(18(13)26)6-7-28-19(12-4-2-1-3-5-12)22-17(25)10-30-20(22)27/h1-5,8-9,19,23-24H,6-7,10-11H2. The number of fused-ring (bicyclic) bond motifs is 1. The van der Waals surface area contributed by atoms with Gasteiger partial charge in [0.2, 0.25) is 5.91 Å². The van der Waals surface area contributed by atoms with Crippen LogP contribution in [0, 0.1) is 0 Å². The number of carbonyl (C=O) groups excluding carboxylic acids is 3. The molecule has 0 spiro atoms. The summed E-state index contributed by atoms with van der Waals surface area (Å²) >= 11 is 0.922. The third-order valence-corrected chi connectivity index (χ3v) is 5.55. The largest absolute Gasteiger partial charge is 0.504 e. The number of phenols is 2. The number of imide groups is 1. The number of phenolic OH excluding ortho intramolecular Hbond substituents is 2. The number of aromatic hydroxyl groups is 2. The number of hydrogen-bond donors (Lipinski definition) is 2. The van der Waals surface area contributed by atoms with Gasteiger partial charge in [-0.1, -0.05) is 42.1 Å². The van der Waals surface area contributed by atoms with E-state index in [0.29, 0.717) is 5.56 Å². The smallest absolute Gasteiger partial charge is 0.291 e. The molecule has 0 bridgehead atoms. The summed E-state index contributed by atoms with van der Waals surface area (Å²) in [5.74, 6) is -1.27. The van der Waals surface area contributed by atoms with E-state index in [2.05, 4.69) is 0 Å². The van der Waals surface area contributed by atoms with Gasteiger partial charge in [-0.25, -0.2) is 4.90 Å². The van der Waals surface area contributed by atoms with Gasteiger partial charge in [-0.3, -0.25) is 14.4 Å². The van der Waals surface area contributed by atoms with Gasteiger partial charge in [0.25, 0.3) is 11.1 Å². The second kappa shape index (κ2) is 8.25. The zero-order chi connectivity index (χ0) is 21.3. The van der Waals surface area contributed by atoms with E-state index in [-0.39, 0.29) is 53.8 Å². The molecule has 0 saturated carbocycles. The molecule has 1 unspecified atom stereocenters. The minimum absolute atomic E-state index is 0.0375. The van der Waals surface area contributed by atoms with Gasteiger partial charge in [-0.05, 0) is 0 Å². The van der Waals surface area contributed by atoms with Crippen molar-refractivity contribution < 1.29 is 34.1 Å². The van der Waals surface area contributed by atoms with Gasteiger partial charge in [0.15, 0.2) is 24.5 Å². The van der Waals surface area contributed by atoms with E-state index in [1.165, 1.54) is 11.0 Å². The van der Waals surface area contributed by atoms with Gasteiger partial charge >= 0.3 is 0 Å². The van der Waals surface area contributed by atoms with Crippen molar-refractivity contribution in [2.24, 2.45) is 0 Å². The van der Waals surface area contributed by atoms with Crippen molar-refractivity contribution >= 4 is 28.8 Å². The second-order valence-electron chi connectivity index (χ2n) is 6.63. The first-order valence-electron chi connectivity index (χ1n) is 9.09. The minimum Gasteiger partial charge on any atom is -0.504 e. The Morgan fingerprint density at radius 3 is 2.53 bits per heavy atom. The fourth-order valence-electron chi connectivity index (χ4n) is 3.19. The van der Waals surface area contributed by atoms with E-state index in [9.17, 15) is 24.6 Å². The average molecular weight is 430 g/mol. The Morgan fingerprint density at radius 1 is 1.10 bits per heavy atom. The Labute approximate surface area is 175 Å². The summed E-state index contributed by atoms with van der Waals surface area (Å²) in [6.07, 6.45) is -0.893. The van der Waals surface area contributed by atoms with Gasteiger partial charge < -0.3 is 24.6 Å². The van der Waals surface area contributed by atoms with Crippen LogP contribution in [0.2, 0.25) is 0 Å². The molecule has 2 aromatic rings. The van der Waals surface area contributed by atoms with Crippen LogP contribution in [0.4, 0.5) is 4.79 Å². The molecule has 2 aromatic carbocycles. The quantitative estimate of drug-likeness (QED) is 0.671. The lowest BCUT2D eigenvalue weighted by molar-refractivity contribution is -0.136. The molecule has 1 atom stereocenters. The Bertz CT molecular complexity index is 982. The molecule has 0 aromatic heterocycles. The number of amides is 3. The molecular formula is C20H18N2O7S. The number of thioether (sulfide) groups is 1. The van der Waals surface area contributed by atoms with E-state index >= 15 is 0 Å². The van der Waals surface area contributed by atoms with Gasteiger partial charge in [0.05, 0.1) is 17.9 Å². The first-order chi connectivity index (χ1) is 14.5. The number of ether oxygens (including phenoxy) is 2. The van der Waals surface area contributed by atoms with Gasteiger partial charge in [-0.2, -0.15) is 0 Å². The number of rotatable bonds is 6. The van der Waals surface area contributed by atoms with Crippen molar-refractivity contribution in [3.63, 3.8) is 0 Å². The summed E-state index contributed by atoms with van der Waals surface area (Å²) < 4.78 is 11.3. The normalized spacial score (nSPS) is 17.1.